The van der Waals surface area contributed by atoms with Gasteiger partial charge >= 0.3 is 0 Å². The van der Waals surface area contributed by atoms with E-state index in [2.05, 4.69) is 30.0 Å². The summed E-state index contributed by atoms with van der Waals surface area (Å²) in [5.41, 5.74) is 5.54. The van der Waals surface area contributed by atoms with Crippen LogP contribution in [0.15, 0.2) is 35.2 Å². The number of hydrogen-bond donors (Lipinski definition) is 3. The maximum absolute atomic E-state index is 12.2. The van der Waals surface area contributed by atoms with E-state index < -0.39 is 0 Å². The van der Waals surface area contributed by atoms with Crippen LogP contribution in [0.1, 0.15) is 40.0 Å². The minimum Gasteiger partial charge on any atom is -0.358 e. The van der Waals surface area contributed by atoms with Crippen LogP contribution in [0.5, 0.6) is 0 Å². The molecule has 0 spiro atoms. The second kappa shape index (κ2) is 9.28. The number of rotatable bonds is 4. The first-order valence-electron chi connectivity index (χ1n) is 8.55. The third kappa shape index (κ3) is 5.67. The molecule has 6 heteroatoms. The summed E-state index contributed by atoms with van der Waals surface area (Å²) in [5.74, 6) is 1.20. The molecule has 1 fully saturated rings. The molecule has 4 nitrogen and oxygen atoms in total. The third-order valence-corrected chi connectivity index (χ3v) is 6.08. The summed E-state index contributed by atoms with van der Waals surface area (Å²) in [6, 6.07) is 10.3. The van der Waals surface area contributed by atoms with Gasteiger partial charge in [-0.05, 0) is 49.5 Å². The fraction of sp³-hybridized carbons (Fsp3) is 0.556. The Kier molecular flexibility index (Phi) is 7.37. The molecular weight excluding hydrogens is 338 g/mol. The van der Waals surface area contributed by atoms with Crippen LogP contribution < -0.4 is 16.2 Å². The Bertz CT molecular complexity index is 552. The Morgan fingerprint density at radius 1 is 1.21 bits per heavy atom. The number of carbonyl (C=O) groups is 1. The van der Waals surface area contributed by atoms with Crippen LogP contribution in [-0.4, -0.2) is 22.3 Å². The van der Waals surface area contributed by atoms with Crippen LogP contribution >= 0.6 is 24.0 Å². The van der Waals surface area contributed by atoms with Gasteiger partial charge in [0, 0.05) is 10.9 Å². The lowest BCUT2D eigenvalue weighted by Crippen LogP contribution is -2.53. The maximum atomic E-state index is 12.2. The molecule has 24 heavy (non-hydrogen) atoms. The van der Waals surface area contributed by atoms with Crippen molar-refractivity contribution < 1.29 is 4.79 Å². The Morgan fingerprint density at radius 3 is 2.62 bits per heavy atom. The molecule has 0 saturated heterocycles. The molecule has 0 aliphatic heterocycles. The molecule has 0 unspecified atom stereocenters. The summed E-state index contributed by atoms with van der Waals surface area (Å²) in [4.78, 5) is 13.3. The predicted molar refractivity (Wildman–Crippen MR) is 105 cm³/mol. The molecule has 0 aromatic heterocycles. The van der Waals surface area contributed by atoms with Gasteiger partial charge in [-0.25, -0.2) is 0 Å². The van der Waals surface area contributed by atoms with Crippen LogP contribution in [-0.2, 0) is 4.79 Å². The third-order valence-electron chi connectivity index (χ3n) is 4.75. The van der Waals surface area contributed by atoms with Crippen LogP contribution in [0.25, 0.3) is 0 Å². The highest BCUT2D eigenvalue weighted by molar-refractivity contribution is 8.00. The summed E-state index contributed by atoms with van der Waals surface area (Å²) >= 11 is 6.84. The monoisotopic (exact) mass is 365 g/mol. The lowest BCUT2D eigenvalue weighted by atomic mass is 9.78. The summed E-state index contributed by atoms with van der Waals surface area (Å²) < 4.78 is 0. The second-order valence-electron chi connectivity index (χ2n) is 6.53. The molecule has 0 bridgehead atoms. The zero-order chi connectivity index (χ0) is 17.5. The first-order chi connectivity index (χ1) is 11.5. The van der Waals surface area contributed by atoms with Gasteiger partial charge in [-0.3, -0.25) is 15.6 Å². The quantitative estimate of drug-likeness (QED) is 0.433. The van der Waals surface area contributed by atoms with E-state index in [0.29, 0.717) is 23.0 Å². The number of benzene rings is 1. The van der Waals surface area contributed by atoms with Crippen LogP contribution in [0.4, 0.5) is 0 Å². The van der Waals surface area contributed by atoms with Crippen LogP contribution in [0.2, 0.25) is 0 Å². The topological polar surface area (TPSA) is 53.2 Å². The van der Waals surface area contributed by atoms with Crippen molar-refractivity contribution in [2.45, 2.75) is 56.2 Å². The number of thiocarbonyl (C=S) groups is 1. The van der Waals surface area contributed by atoms with E-state index in [1.54, 1.807) is 0 Å². The number of carbonyl (C=O) groups excluding carboxylic acids is 1. The van der Waals surface area contributed by atoms with Crippen molar-refractivity contribution in [2.75, 3.05) is 0 Å². The van der Waals surface area contributed by atoms with Gasteiger partial charge in [0.15, 0.2) is 5.11 Å². The molecule has 0 radical (unpaired) electrons. The lowest BCUT2D eigenvalue weighted by Gasteiger charge is -2.35. The van der Waals surface area contributed by atoms with Gasteiger partial charge in [0.1, 0.15) is 0 Å². The Morgan fingerprint density at radius 2 is 1.92 bits per heavy atom. The number of nitrogens with one attached hydrogen (secondary N) is 3. The van der Waals surface area contributed by atoms with E-state index in [1.807, 2.05) is 37.3 Å². The predicted octanol–water partition coefficient (Wildman–Crippen LogP) is 3.49. The van der Waals surface area contributed by atoms with Crippen LogP contribution in [0.3, 0.4) is 0 Å². The first kappa shape index (κ1) is 19.1. The van der Waals surface area contributed by atoms with Crippen LogP contribution in [0, 0.1) is 11.8 Å². The van der Waals surface area contributed by atoms with E-state index in [-0.39, 0.29) is 11.2 Å². The normalized spacial score (nSPS) is 24.7. The van der Waals surface area contributed by atoms with Gasteiger partial charge in [-0.2, -0.15) is 0 Å². The van der Waals surface area contributed by atoms with Crippen molar-refractivity contribution in [2.24, 2.45) is 11.8 Å². The van der Waals surface area contributed by atoms with Crippen molar-refractivity contribution in [3.63, 3.8) is 0 Å². The van der Waals surface area contributed by atoms with Gasteiger partial charge in [-0.15, -0.1) is 11.8 Å². The number of hydrazine groups is 1. The molecule has 132 valence electrons. The first-order valence-corrected chi connectivity index (χ1v) is 9.84. The fourth-order valence-electron chi connectivity index (χ4n) is 2.97. The van der Waals surface area contributed by atoms with E-state index in [0.717, 1.165) is 11.3 Å². The highest BCUT2D eigenvalue weighted by atomic mass is 32.2. The van der Waals surface area contributed by atoms with Crippen molar-refractivity contribution in [1.29, 1.82) is 0 Å². The van der Waals surface area contributed by atoms with Gasteiger partial charge in [0.25, 0.3) is 5.91 Å². The van der Waals surface area contributed by atoms with Crippen molar-refractivity contribution in [3.05, 3.63) is 30.3 Å². The molecule has 1 aliphatic carbocycles. The minimum absolute atomic E-state index is 0.0851. The maximum Gasteiger partial charge on any atom is 0.251 e. The molecule has 1 saturated carbocycles. The molecule has 4 atom stereocenters. The van der Waals surface area contributed by atoms with Gasteiger partial charge in [0.2, 0.25) is 0 Å². The highest BCUT2D eigenvalue weighted by Crippen LogP contribution is 2.29. The van der Waals surface area contributed by atoms with E-state index in [4.69, 9.17) is 12.2 Å². The van der Waals surface area contributed by atoms with E-state index >= 15 is 0 Å². The van der Waals surface area contributed by atoms with Gasteiger partial charge in [0.05, 0.1) is 5.25 Å². The number of hydrogen-bond acceptors (Lipinski definition) is 3. The van der Waals surface area contributed by atoms with Gasteiger partial charge in [-0.1, -0.05) is 44.9 Å². The fourth-order valence-corrected chi connectivity index (χ4v) is 4.06. The van der Waals surface area contributed by atoms with E-state index in [9.17, 15) is 4.79 Å². The number of amides is 1. The van der Waals surface area contributed by atoms with Crippen molar-refractivity contribution in [3.8, 4) is 0 Å². The Balaban J connectivity index is 1.73. The Hall–Kier alpha value is -1.27. The molecule has 1 aromatic rings. The average Bonchev–Trinajstić information content (AvgIpc) is 2.57. The summed E-state index contributed by atoms with van der Waals surface area (Å²) in [7, 11) is 0. The molecule has 3 N–H and O–H groups in total. The molecule has 0 heterocycles. The van der Waals surface area contributed by atoms with Crippen molar-refractivity contribution >= 4 is 35.0 Å². The largest absolute Gasteiger partial charge is 0.358 e. The molecule has 1 aromatic carbocycles. The SMILES string of the molecule is C[C@@H]1[C@H](C)CCC[C@@H]1NC(=S)NNC(=O)[C@@H](C)Sc1ccccc1. The van der Waals surface area contributed by atoms with Gasteiger partial charge < -0.3 is 5.32 Å². The molecule has 2 rings (SSSR count). The second-order valence-corrected chi connectivity index (χ2v) is 8.36. The Labute approximate surface area is 154 Å². The summed E-state index contributed by atoms with van der Waals surface area (Å²) in [6.45, 7) is 6.44. The summed E-state index contributed by atoms with van der Waals surface area (Å²) in [6.07, 6.45) is 3.63. The lowest BCUT2D eigenvalue weighted by molar-refractivity contribution is -0.120. The van der Waals surface area contributed by atoms with E-state index in [1.165, 1.54) is 24.6 Å². The zero-order valence-electron chi connectivity index (χ0n) is 14.5. The molecular formula is C18H27N3OS2. The number of thioether (sulfide) groups is 1. The summed E-state index contributed by atoms with van der Waals surface area (Å²) in [5, 5.41) is 3.64. The highest BCUT2D eigenvalue weighted by Gasteiger charge is 2.27. The standard InChI is InChI=1S/C18H27N3OS2/c1-12-8-7-11-16(13(12)2)19-18(23)21-20-17(22)14(3)24-15-9-5-4-6-10-15/h4-6,9-10,12-14,16H,7-8,11H2,1-3H3,(H,20,22)(H2,19,21,23)/t12-,13-,14-,16+/m1/s1. The molecule has 1 aliphatic rings. The smallest absolute Gasteiger partial charge is 0.251 e. The van der Waals surface area contributed by atoms with Crippen molar-refractivity contribution in [1.82, 2.24) is 16.2 Å². The average molecular weight is 366 g/mol. The zero-order valence-corrected chi connectivity index (χ0v) is 16.2. The molecule has 1 amide bonds. The minimum atomic E-state index is -0.198.